The lowest BCUT2D eigenvalue weighted by atomic mass is 10.1. The Bertz CT molecular complexity index is 363. The average Bonchev–Trinajstić information content (AvgIpc) is 3.03. The van der Waals surface area contributed by atoms with Crippen LogP contribution in [0.1, 0.15) is 31.7 Å². The second-order valence-corrected chi connectivity index (χ2v) is 5.10. The minimum atomic E-state index is -0.226. The SMILES string of the molecule is CC(CC1CC1)NCc1cc(F)ccc1Cl. The lowest BCUT2D eigenvalue weighted by Gasteiger charge is -2.14. The van der Waals surface area contributed by atoms with Crippen LogP contribution in [-0.4, -0.2) is 6.04 Å². The van der Waals surface area contributed by atoms with E-state index < -0.39 is 0 Å². The highest BCUT2D eigenvalue weighted by Gasteiger charge is 2.23. The number of hydrogen-bond donors (Lipinski definition) is 1. The summed E-state index contributed by atoms with van der Waals surface area (Å²) in [5.74, 6) is 0.682. The summed E-state index contributed by atoms with van der Waals surface area (Å²) < 4.78 is 13.0. The fraction of sp³-hybridized carbons (Fsp3) is 0.538. The third-order valence-electron chi connectivity index (χ3n) is 3.03. The summed E-state index contributed by atoms with van der Waals surface area (Å²) in [6, 6.07) is 4.98. The van der Waals surface area contributed by atoms with Gasteiger partial charge in [0, 0.05) is 17.6 Å². The van der Waals surface area contributed by atoms with Gasteiger partial charge in [-0.15, -0.1) is 0 Å². The molecule has 0 aliphatic heterocycles. The molecule has 0 spiro atoms. The van der Waals surface area contributed by atoms with Gasteiger partial charge in [0.2, 0.25) is 0 Å². The first kappa shape index (κ1) is 11.9. The molecule has 0 radical (unpaired) electrons. The smallest absolute Gasteiger partial charge is 0.123 e. The maximum atomic E-state index is 13.0. The molecule has 2 rings (SSSR count). The summed E-state index contributed by atoms with van der Waals surface area (Å²) in [6.07, 6.45) is 3.95. The van der Waals surface area contributed by atoms with E-state index in [1.165, 1.54) is 31.4 Å². The van der Waals surface area contributed by atoms with Crippen molar-refractivity contribution in [1.29, 1.82) is 0 Å². The van der Waals surface area contributed by atoms with E-state index in [9.17, 15) is 4.39 Å². The van der Waals surface area contributed by atoms with Gasteiger partial charge in [0.1, 0.15) is 5.82 Å². The number of rotatable bonds is 5. The molecule has 1 unspecified atom stereocenters. The zero-order chi connectivity index (χ0) is 11.5. The molecule has 1 saturated carbocycles. The number of nitrogens with one attached hydrogen (secondary N) is 1. The highest BCUT2D eigenvalue weighted by Crippen LogP contribution is 2.33. The maximum Gasteiger partial charge on any atom is 0.123 e. The molecule has 0 amide bonds. The van der Waals surface area contributed by atoms with Gasteiger partial charge in [-0.1, -0.05) is 24.4 Å². The first-order valence-electron chi connectivity index (χ1n) is 5.82. The summed E-state index contributed by atoms with van der Waals surface area (Å²) in [5.41, 5.74) is 0.837. The molecule has 1 aliphatic rings. The molecule has 1 aromatic rings. The lowest BCUT2D eigenvalue weighted by Crippen LogP contribution is -2.26. The monoisotopic (exact) mass is 241 g/mol. The van der Waals surface area contributed by atoms with Gasteiger partial charge >= 0.3 is 0 Å². The van der Waals surface area contributed by atoms with Crippen LogP contribution >= 0.6 is 11.6 Å². The van der Waals surface area contributed by atoms with Crippen molar-refractivity contribution in [2.45, 2.75) is 38.8 Å². The molecular formula is C13H17ClFN. The first-order valence-corrected chi connectivity index (χ1v) is 6.20. The fourth-order valence-corrected chi connectivity index (χ4v) is 2.08. The van der Waals surface area contributed by atoms with E-state index in [1.54, 1.807) is 6.07 Å². The number of halogens is 2. The molecule has 1 fully saturated rings. The number of benzene rings is 1. The molecule has 16 heavy (non-hydrogen) atoms. The zero-order valence-corrected chi connectivity index (χ0v) is 10.2. The largest absolute Gasteiger partial charge is 0.310 e. The van der Waals surface area contributed by atoms with E-state index in [2.05, 4.69) is 12.2 Å². The van der Waals surface area contributed by atoms with Gasteiger partial charge in [-0.3, -0.25) is 0 Å². The van der Waals surface area contributed by atoms with Crippen LogP contribution in [0.2, 0.25) is 5.02 Å². The van der Waals surface area contributed by atoms with Crippen molar-refractivity contribution in [3.8, 4) is 0 Å². The molecule has 0 aromatic heterocycles. The third kappa shape index (κ3) is 3.46. The van der Waals surface area contributed by atoms with E-state index in [1.807, 2.05) is 0 Å². The van der Waals surface area contributed by atoms with Crippen molar-refractivity contribution in [2.75, 3.05) is 0 Å². The van der Waals surface area contributed by atoms with Crippen LogP contribution in [0.5, 0.6) is 0 Å². The Morgan fingerprint density at radius 2 is 2.25 bits per heavy atom. The molecule has 1 aliphatic carbocycles. The molecule has 0 bridgehead atoms. The van der Waals surface area contributed by atoms with E-state index in [-0.39, 0.29) is 5.82 Å². The lowest BCUT2D eigenvalue weighted by molar-refractivity contribution is 0.486. The van der Waals surface area contributed by atoms with Crippen molar-refractivity contribution < 1.29 is 4.39 Å². The average molecular weight is 242 g/mol. The molecule has 3 heteroatoms. The van der Waals surface area contributed by atoms with Crippen molar-refractivity contribution in [3.05, 3.63) is 34.6 Å². The Morgan fingerprint density at radius 1 is 1.50 bits per heavy atom. The Kier molecular flexibility index (Phi) is 3.82. The fourth-order valence-electron chi connectivity index (χ4n) is 1.90. The molecule has 1 N–H and O–H groups in total. The summed E-state index contributed by atoms with van der Waals surface area (Å²) in [7, 11) is 0. The van der Waals surface area contributed by atoms with Crippen LogP contribution in [0.4, 0.5) is 4.39 Å². The van der Waals surface area contributed by atoms with Gasteiger partial charge in [-0.05, 0) is 43.0 Å². The van der Waals surface area contributed by atoms with Gasteiger partial charge < -0.3 is 5.32 Å². The van der Waals surface area contributed by atoms with Crippen LogP contribution in [0.15, 0.2) is 18.2 Å². The summed E-state index contributed by atoms with van der Waals surface area (Å²) in [4.78, 5) is 0. The van der Waals surface area contributed by atoms with Gasteiger partial charge in [0.25, 0.3) is 0 Å². The molecule has 1 nitrogen and oxygen atoms in total. The van der Waals surface area contributed by atoms with Crippen LogP contribution < -0.4 is 5.32 Å². The number of hydrogen-bond acceptors (Lipinski definition) is 1. The Morgan fingerprint density at radius 3 is 2.94 bits per heavy atom. The quantitative estimate of drug-likeness (QED) is 0.828. The van der Waals surface area contributed by atoms with Crippen molar-refractivity contribution in [1.82, 2.24) is 5.32 Å². The molecule has 0 saturated heterocycles. The van der Waals surface area contributed by atoms with Crippen molar-refractivity contribution >= 4 is 11.6 Å². The summed E-state index contributed by atoms with van der Waals surface area (Å²) >= 11 is 5.99. The van der Waals surface area contributed by atoms with E-state index in [0.717, 1.165) is 11.5 Å². The van der Waals surface area contributed by atoms with Gasteiger partial charge in [0.15, 0.2) is 0 Å². The van der Waals surface area contributed by atoms with Crippen molar-refractivity contribution in [3.63, 3.8) is 0 Å². The molecule has 88 valence electrons. The second-order valence-electron chi connectivity index (χ2n) is 4.70. The van der Waals surface area contributed by atoms with E-state index in [0.29, 0.717) is 17.6 Å². The van der Waals surface area contributed by atoms with Crippen molar-refractivity contribution in [2.24, 2.45) is 5.92 Å². The predicted molar refractivity (Wildman–Crippen MR) is 65.1 cm³/mol. The van der Waals surface area contributed by atoms with E-state index in [4.69, 9.17) is 11.6 Å². The molecule has 0 heterocycles. The van der Waals surface area contributed by atoms with Crippen LogP contribution in [0.3, 0.4) is 0 Å². The minimum Gasteiger partial charge on any atom is -0.310 e. The normalized spacial score (nSPS) is 17.4. The zero-order valence-electron chi connectivity index (χ0n) is 9.47. The molecule has 1 aromatic carbocycles. The standard InChI is InChI=1S/C13H17ClFN/c1-9(6-10-2-3-10)16-8-11-7-12(15)4-5-13(11)14/h4-5,7,9-10,16H,2-3,6,8H2,1H3. The van der Waals surface area contributed by atoms with Gasteiger partial charge in [-0.25, -0.2) is 4.39 Å². The highest BCUT2D eigenvalue weighted by atomic mass is 35.5. The van der Waals surface area contributed by atoms with Crippen LogP contribution in [0, 0.1) is 11.7 Å². The maximum absolute atomic E-state index is 13.0. The Hall–Kier alpha value is -0.600. The first-order chi connectivity index (χ1) is 7.65. The molecular weight excluding hydrogens is 225 g/mol. The third-order valence-corrected chi connectivity index (χ3v) is 3.40. The second kappa shape index (κ2) is 5.15. The topological polar surface area (TPSA) is 12.0 Å². The summed E-state index contributed by atoms with van der Waals surface area (Å²) in [6.45, 7) is 2.82. The molecule has 1 atom stereocenters. The minimum absolute atomic E-state index is 0.226. The van der Waals surface area contributed by atoms with Gasteiger partial charge in [0.05, 0.1) is 0 Å². The summed E-state index contributed by atoms with van der Waals surface area (Å²) in [5, 5.41) is 4.02. The van der Waals surface area contributed by atoms with Crippen LogP contribution in [0.25, 0.3) is 0 Å². The Balaban J connectivity index is 1.85. The van der Waals surface area contributed by atoms with E-state index >= 15 is 0 Å². The predicted octanol–water partition coefficient (Wildman–Crippen LogP) is 3.76. The Labute approximate surface area is 101 Å². The highest BCUT2D eigenvalue weighted by molar-refractivity contribution is 6.31. The van der Waals surface area contributed by atoms with Crippen LogP contribution in [-0.2, 0) is 6.54 Å². The van der Waals surface area contributed by atoms with Gasteiger partial charge in [-0.2, -0.15) is 0 Å².